The van der Waals surface area contributed by atoms with Gasteiger partial charge in [0.15, 0.2) is 0 Å². The van der Waals surface area contributed by atoms with Gasteiger partial charge < -0.3 is 9.84 Å². The van der Waals surface area contributed by atoms with E-state index in [1.54, 1.807) is 24.5 Å². The predicted octanol–water partition coefficient (Wildman–Crippen LogP) is 3.29. The van der Waals surface area contributed by atoms with Crippen molar-refractivity contribution in [3.05, 3.63) is 59.5 Å². The van der Waals surface area contributed by atoms with E-state index in [0.717, 1.165) is 24.0 Å². The summed E-state index contributed by atoms with van der Waals surface area (Å²) in [5.41, 5.74) is 3.50. The zero-order valence-electron chi connectivity index (χ0n) is 19.0. The second-order valence-electron chi connectivity index (χ2n) is 8.16. The van der Waals surface area contributed by atoms with Crippen LogP contribution in [0.1, 0.15) is 47.8 Å². The Hall–Kier alpha value is -3.24. The van der Waals surface area contributed by atoms with Crippen LogP contribution in [0, 0.1) is 0 Å². The summed E-state index contributed by atoms with van der Waals surface area (Å²) in [4.78, 5) is 16.3. The second-order valence-corrected chi connectivity index (χ2v) is 9.93. The summed E-state index contributed by atoms with van der Waals surface area (Å²) < 4.78 is 34.8. The van der Waals surface area contributed by atoms with Crippen LogP contribution >= 0.6 is 0 Å². The first kappa shape index (κ1) is 23.9. The van der Waals surface area contributed by atoms with E-state index < -0.39 is 16.0 Å². The van der Waals surface area contributed by atoms with Crippen molar-refractivity contribution in [3.63, 3.8) is 0 Å². The normalized spacial score (nSPS) is 12.7. The number of hydrogen-bond acceptors (Lipinski definition) is 6. The standard InChI is InChI=1S/C24H28N4O5S/c1-2-3-15-33-18-6-8-19(9-7-18)34(31,32)26-12-4-14-28-23(24(29)30)21-10-5-17-16-25-13-11-20(17)22(21)27-28/h6-9,11,13,16,26H,2-5,10,12,14-15H2,1H3,(H,29,30). The number of hydrogen-bond donors (Lipinski definition) is 2. The molecule has 10 heteroatoms. The SMILES string of the molecule is CCCCOc1ccc(S(=O)(=O)NCCCn2nc3c(c2C(=O)O)CCc2cnccc2-3)cc1. The molecule has 0 unspecified atom stereocenters. The smallest absolute Gasteiger partial charge is 0.354 e. The fraction of sp³-hybridized carbons (Fsp3) is 0.375. The van der Waals surface area contributed by atoms with Gasteiger partial charge >= 0.3 is 5.97 Å². The van der Waals surface area contributed by atoms with Crippen LogP contribution < -0.4 is 9.46 Å². The first-order chi connectivity index (χ1) is 16.4. The zero-order valence-corrected chi connectivity index (χ0v) is 19.8. The van der Waals surface area contributed by atoms with Crippen molar-refractivity contribution in [1.82, 2.24) is 19.5 Å². The van der Waals surface area contributed by atoms with E-state index in [9.17, 15) is 18.3 Å². The lowest BCUT2D eigenvalue weighted by atomic mass is 9.90. The highest BCUT2D eigenvalue weighted by atomic mass is 32.2. The van der Waals surface area contributed by atoms with Crippen molar-refractivity contribution in [1.29, 1.82) is 0 Å². The lowest BCUT2D eigenvalue weighted by Gasteiger charge is -2.14. The van der Waals surface area contributed by atoms with Crippen LogP contribution in [0.3, 0.4) is 0 Å². The summed E-state index contributed by atoms with van der Waals surface area (Å²) in [6.45, 7) is 3.10. The minimum atomic E-state index is -3.68. The number of unbranched alkanes of at least 4 members (excludes halogenated alkanes) is 1. The largest absolute Gasteiger partial charge is 0.494 e. The highest BCUT2D eigenvalue weighted by Crippen LogP contribution is 2.34. The van der Waals surface area contributed by atoms with Gasteiger partial charge in [0, 0.05) is 36.6 Å². The topological polar surface area (TPSA) is 123 Å². The molecule has 3 aromatic rings. The van der Waals surface area contributed by atoms with Gasteiger partial charge in [-0.1, -0.05) is 13.3 Å². The van der Waals surface area contributed by atoms with E-state index in [4.69, 9.17) is 4.74 Å². The van der Waals surface area contributed by atoms with Crippen molar-refractivity contribution in [2.45, 2.75) is 50.5 Å². The molecule has 2 N–H and O–H groups in total. The van der Waals surface area contributed by atoms with Gasteiger partial charge in [0.1, 0.15) is 11.4 Å². The Morgan fingerprint density at radius 3 is 2.71 bits per heavy atom. The molecule has 180 valence electrons. The van der Waals surface area contributed by atoms with Crippen molar-refractivity contribution in [2.24, 2.45) is 0 Å². The maximum absolute atomic E-state index is 12.6. The van der Waals surface area contributed by atoms with Crippen molar-refractivity contribution >= 4 is 16.0 Å². The maximum atomic E-state index is 12.6. The molecule has 0 atom stereocenters. The molecule has 0 radical (unpaired) electrons. The molecule has 34 heavy (non-hydrogen) atoms. The minimum absolute atomic E-state index is 0.154. The van der Waals surface area contributed by atoms with Gasteiger partial charge in [-0.05, 0) is 61.6 Å². The zero-order chi connectivity index (χ0) is 24.1. The molecule has 9 nitrogen and oxygen atoms in total. The van der Waals surface area contributed by atoms with Crippen LogP contribution in [0.15, 0.2) is 47.6 Å². The van der Waals surface area contributed by atoms with Crippen LogP contribution in [-0.4, -0.2) is 47.4 Å². The van der Waals surface area contributed by atoms with Gasteiger partial charge in [-0.15, -0.1) is 0 Å². The summed E-state index contributed by atoms with van der Waals surface area (Å²) >= 11 is 0. The number of carboxylic acids is 1. The number of benzene rings is 1. The Labute approximate surface area is 198 Å². The molecule has 0 bridgehead atoms. The molecule has 0 fully saturated rings. The third-order valence-corrected chi connectivity index (χ3v) is 7.27. The number of aromatic carboxylic acids is 1. The number of rotatable bonds is 11. The molecule has 2 aromatic heterocycles. The lowest BCUT2D eigenvalue weighted by molar-refractivity contribution is 0.0681. The maximum Gasteiger partial charge on any atom is 0.354 e. The van der Waals surface area contributed by atoms with Gasteiger partial charge in [-0.2, -0.15) is 5.10 Å². The number of fused-ring (bicyclic) bond motifs is 3. The van der Waals surface area contributed by atoms with E-state index in [1.807, 2.05) is 6.07 Å². The fourth-order valence-electron chi connectivity index (χ4n) is 4.04. The molecule has 0 saturated carbocycles. The van der Waals surface area contributed by atoms with E-state index in [-0.39, 0.29) is 23.7 Å². The van der Waals surface area contributed by atoms with Crippen LogP contribution in [0.5, 0.6) is 5.75 Å². The lowest BCUT2D eigenvalue weighted by Crippen LogP contribution is -2.26. The minimum Gasteiger partial charge on any atom is -0.494 e. The van der Waals surface area contributed by atoms with E-state index >= 15 is 0 Å². The third kappa shape index (κ3) is 5.13. The third-order valence-electron chi connectivity index (χ3n) is 5.80. The van der Waals surface area contributed by atoms with Gasteiger partial charge in [0.25, 0.3) is 0 Å². The van der Waals surface area contributed by atoms with Crippen molar-refractivity contribution < 1.29 is 23.1 Å². The number of nitrogens with one attached hydrogen (secondary N) is 1. The first-order valence-corrected chi connectivity index (χ1v) is 12.9. The molecular formula is C24H28N4O5S. The summed E-state index contributed by atoms with van der Waals surface area (Å²) in [5.74, 6) is -0.401. The summed E-state index contributed by atoms with van der Waals surface area (Å²) in [6.07, 6.45) is 7.11. The average Bonchev–Trinajstić information content (AvgIpc) is 3.21. The average molecular weight is 485 g/mol. The summed E-state index contributed by atoms with van der Waals surface area (Å²) in [6, 6.07) is 8.17. The summed E-state index contributed by atoms with van der Waals surface area (Å²) in [5, 5.41) is 14.4. The van der Waals surface area contributed by atoms with Crippen molar-refractivity contribution in [2.75, 3.05) is 13.2 Å². The number of ether oxygens (including phenoxy) is 1. The van der Waals surface area contributed by atoms with Gasteiger partial charge in [0.05, 0.1) is 17.2 Å². The Morgan fingerprint density at radius 2 is 1.97 bits per heavy atom. The molecule has 0 saturated heterocycles. The van der Waals surface area contributed by atoms with Crippen LogP contribution in [-0.2, 0) is 29.4 Å². The van der Waals surface area contributed by atoms with Gasteiger partial charge in [-0.3, -0.25) is 9.67 Å². The molecule has 0 spiro atoms. The summed E-state index contributed by atoms with van der Waals surface area (Å²) in [7, 11) is -3.68. The quantitative estimate of drug-likeness (QED) is 0.400. The number of carboxylic acid groups (broad SMARTS) is 1. The fourth-order valence-corrected chi connectivity index (χ4v) is 5.11. The Bertz CT molecular complexity index is 1270. The van der Waals surface area contributed by atoms with Gasteiger partial charge in [0.2, 0.25) is 10.0 Å². The highest BCUT2D eigenvalue weighted by molar-refractivity contribution is 7.89. The number of carbonyl (C=O) groups is 1. The molecular weight excluding hydrogens is 456 g/mol. The molecule has 4 rings (SSSR count). The van der Waals surface area contributed by atoms with Crippen LogP contribution in [0.4, 0.5) is 0 Å². The monoisotopic (exact) mass is 484 g/mol. The highest BCUT2D eigenvalue weighted by Gasteiger charge is 2.28. The van der Waals surface area contributed by atoms with Crippen molar-refractivity contribution in [3.8, 4) is 17.0 Å². The number of aryl methyl sites for hydroxylation is 2. The van der Waals surface area contributed by atoms with Crippen LogP contribution in [0.25, 0.3) is 11.3 Å². The molecule has 0 aliphatic heterocycles. The molecule has 2 heterocycles. The number of pyridine rings is 1. The molecule has 1 aliphatic rings. The molecule has 1 aliphatic carbocycles. The van der Waals surface area contributed by atoms with E-state index in [1.165, 1.54) is 16.8 Å². The second kappa shape index (κ2) is 10.4. The first-order valence-electron chi connectivity index (χ1n) is 11.4. The number of aromatic nitrogens is 3. The Balaban J connectivity index is 1.39. The molecule has 0 amide bonds. The number of nitrogens with zero attached hydrogens (tertiary/aromatic N) is 3. The van der Waals surface area contributed by atoms with E-state index in [0.29, 0.717) is 42.9 Å². The van der Waals surface area contributed by atoms with E-state index in [2.05, 4.69) is 21.7 Å². The number of sulfonamides is 1. The Morgan fingerprint density at radius 1 is 1.18 bits per heavy atom. The van der Waals surface area contributed by atoms with Gasteiger partial charge in [-0.25, -0.2) is 17.9 Å². The molecule has 1 aromatic carbocycles. The predicted molar refractivity (Wildman–Crippen MR) is 126 cm³/mol. The Kier molecular flexibility index (Phi) is 7.28. The van der Waals surface area contributed by atoms with Crippen LogP contribution in [0.2, 0.25) is 0 Å².